The second-order valence-electron chi connectivity index (χ2n) is 10.9. The van der Waals surface area contributed by atoms with E-state index in [9.17, 15) is 19.2 Å². The van der Waals surface area contributed by atoms with Gasteiger partial charge in [0, 0.05) is 39.2 Å². The molecule has 42 heavy (non-hydrogen) atoms. The van der Waals surface area contributed by atoms with E-state index in [1.165, 1.54) is 0 Å². The molecule has 11 heteroatoms. The lowest BCUT2D eigenvalue weighted by Gasteiger charge is -2.27. The molecule has 0 aliphatic rings. The molecule has 1 rings (SSSR count). The number of unbranched alkanes of at least 4 members (excludes halogenated alkanes) is 4. The molecule has 0 amide bonds. The smallest absolute Gasteiger partial charge is 0.317 e. The van der Waals surface area contributed by atoms with Gasteiger partial charge in [-0.2, -0.15) is 0 Å². The largest absolute Gasteiger partial charge is 0.480 e. The van der Waals surface area contributed by atoms with Crippen LogP contribution < -0.4 is 5.73 Å². The molecule has 1 aromatic rings. The van der Waals surface area contributed by atoms with E-state index in [1.54, 1.807) is 16.8 Å². The minimum atomic E-state index is -0.905. The van der Waals surface area contributed by atoms with Gasteiger partial charge in [0.05, 0.1) is 25.7 Å². The molecule has 238 valence electrons. The highest BCUT2D eigenvalue weighted by molar-refractivity contribution is 5.84. The monoisotopic (exact) mass is 592 g/mol. The van der Waals surface area contributed by atoms with Crippen molar-refractivity contribution in [2.24, 2.45) is 5.73 Å². The Labute approximate surface area is 251 Å². The summed E-state index contributed by atoms with van der Waals surface area (Å²) in [4.78, 5) is 52.4. The lowest BCUT2D eigenvalue weighted by atomic mass is 10.0. The Morgan fingerprint density at radius 1 is 0.833 bits per heavy atom. The summed E-state index contributed by atoms with van der Waals surface area (Å²) in [5, 5.41) is 18.1. The summed E-state index contributed by atoms with van der Waals surface area (Å²) in [5.74, 6) is -1.74. The van der Waals surface area contributed by atoms with Crippen molar-refractivity contribution in [3.05, 3.63) is 35.9 Å². The predicted molar refractivity (Wildman–Crippen MR) is 163 cm³/mol. The number of likely N-dealkylation sites (N-methyl/N-ethyl adjacent to an activating group) is 2. The number of benzene rings is 1. The van der Waals surface area contributed by atoms with Gasteiger partial charge >= 0.3 is 11.9 Å². The molecule has 4 N–H and O–H groups in total. The number of nitrogens with zero attached hydrogens (tertiary/aromatic N) is 3. The molecule has 0 unspecified atom stereocenters. The molecule has 0 fully saturated rings. The Bertz CT molecular complexity index is 916. The number of carboxylic acid groups (broad SMARTS) is 2. The zero-order valence-corrected chi connectivity index (χ0v) is 25.5. The van der Waals surface area contributed by atoms with Crippen LogP contribution in [-0.2, 0) is 30.3 Å². The van der Waals surface area contributed by atoms with Gasteiger partial charge in [-0.15, -0.1) is 0 Å². The van der Waals surface area contributed by atoms with Gasteiger partial charge < -0.3 is 20.7 Å². The SMILES string of the molecule is CCN(CCN(CCN(C)CC(=O)O)CC(=O)CCCCCCCOCC(=O)[C@H](N)CCc1ccccc1)CC(=O)O. The van der Waals surface area contributed by atoms with E-state index < -0.39 is 18.0 Å². The molecule has 0 aromatic heterocycles. The van der Waals surface area contributed by atoms with Gasteiger partial charge in [0.15, 0.2) is 5.78 Å². The van der Waals surface area contributed by atoms with E-state index in [1.807, 2.05) is 42.2 Å². The molecular formula is C31H52N4O7. The topological polar surface area (TPSA) is 154 Å². The fourth-order valence-electron chi connectivity index (χ4n) is 4.51. The highest BCUT2D eigenvalue weighted by Crippen LogP contribution is 2.08. The van der Waals surface area contributed by atoms with Gasteiger partial charge in [-0.1, -0.05) is 56.5 Å². The second kappa shape index (κ2) is 22.8. The highest BCUT2D eigenvalue weighted by Gasteiger charge is 2.16. The van der Waals surface area contributed by atoms with Gasteiger partial charge in [-0.25, -0.2) is 0 Å². The highest BCUT2D eigenvalue weighted by atomic mass is 16.5. The Balaban J connectivity index is 2.22. The number of nitrogens with two attached hydrogens (primary N) is 1. The third-order valence-corrected chi connectivity index (χ3v) is 7.13. The van der Waals surface area contributed by atoms with E-state index in [0.717, 1.165) is 44.1 Å². The summed E-state index contributed by atoms with van der Waals surface area (Å²) >= 11 is 0. The van der Waals surface area contributed by atoms with Crippen LogP contribution in [0.1, 0.15) is 57.4 Å². The van der Waals surface area contributed by atoms with Crippen molar-refractivity contribution in [1.29, 1.82) is 0 Å². The Morgan fingerprint density at radius 2 is 1.45 bits per heavy atom. The van der Waals surface area contributed by atoms with Crippen molar-refractivity contribution in [3.63, 3.8) is 0 Å². The number of rotatable bonds is 27. The lowest BCUT2D eigenvalue weighted by Crippen LogP contribution is -2.43. The summed E-state index contributed by atoms with van der Waals surface area (Å²) in [7, 11) is 1.72. The molecule has 0 spiro atoms. The first-order valence-corrected chi connectivity index (χ1v) is 15.1. The maximum absolute atomic E-state index is 12.7. The first-order valence-electron chi connectivity index (χ1n) is 15.1. The lowest BCUT2D eigenvalue weighted by molar-refractivity contribution is -0.139. The summed E-state index contributed by atoms with van der Waals surface area (Å²) in [6, 6.07) is 9.45. The zero-order valence-electron chi connectivity index (χ0n) is 25.5. The fourth-order valence-corrected chi connectivity index (χ4v) is 4.51. The predicted octanol–water partition coefficient (Wildman–Crippen LogP) is 2.17. The number of aliphatic carboxylic acids is 2. The van der Waals surface area contributed by atoms with Crippen LogP contribution in [0, 0.1) is 0 Å². The molecule has 0 saturated carbocycles. The van der Waals surface area contributed by atoms with Gasteiger partial charge in [-0.3, -0.25) is 33.9 Å². The summed E-state index contributed by atoms with van der Waals surface area (Å²) in [5.41, 5.74) is 7.17. The average molecular weight is 593 g/mol. The minimum Gasteiger partial charge on any atom is -0.480 e. The quantitative estimate of drug-likeness (QED) is 0.129. The van der Waals surface area contributed by atoms with Crippen LogP contribution in [0.4, 0.5) is 0 Å². The van der Waals surface area contributed by atoms with E-state index >= 15 is 0 Å². The molecule has 11 nitrogen and oxygen atoms in total. The van der Waals surface area contributed by atoms with Crippen LogP contribution in [0.3, 0.4) is 0 Å². The zero-order chi connectivity index (χ0) is 31.2. The standard InChI is InChI=1S/C31H52N4O7/c1-3-34(24-31(40)41)19-20-35(18-17-33(2)23-30(38)39)22-27(36)14-10-5-4-6-11-21-42-25-29(37)28(32)16-15-26-12-8-7-9-13-26/h7-9,12-13,28H,3-6,10-11,14-25,32H2,1-2H3,(H,38,39)(H,40,41)/t28-/m1/s1. The van der Waals surface area contributed by atoms with Crippen LogP contribution in [0.25, 0.3) is 0 Å². The van der Waals surface area contributed by atoms with E-state index in [2.05, 4.69) is 0 Å². The number of carbonyl (C=O) groups is 4. The number of hydrogen-bond donors (Lipinski definition) is 3. The van der Waals surface area contributed by atoms with Crippen molar-refractivity contribution in [2.45, 2.75) is 64.3 Å². The Hall–Kier alpha value is -2.70. The number of ether oxygens (including phenoxy) is 1. The number of carbonyl (C=O) groups excluding carboxylic acids is 2. The number of aryl methyl sites for hydroxylation is 1. The van der Waals surface area contributed by atoms with E-state index in [0.29, 0.717) is 52.2 Å². The number of ketones is 2. The maximum atomic E-state index is 12.7. The number of carboxylic acids is 2. The first kappa shape index (κ1) is 37.3. The summed E-state index contributed by atoms with van der Waals surface area (Å²) in [6.07, 6.45) is 6.35. The summed E-state index contributed by atoms with van der Waals surface area (Å²) < 4.78 is 5.53. The molecular weight excluding hydrogens is 540 g/mol. The maximum Gasteiger partial charge on any atom is 0.317 e. The number of Topliss-reactive ketones (excluding diaryl/α,β-unsaturated/α-hetero) is 2. The third kappa shape index (κ3) is 19.4. The molecule has 0 heterocycles. The minimum absolute atomic E-state index is 0.0411. The van der Waals surface area contributed by atoms with Crippen molar-refractivity contribution in [3.8, 4) is 0 Å². The number of hydrogen-bond acceptors (Lipinski definition) is 9. The van der Waals surface area contributed by atoms with Crippen molar-refractivity contribution < 1.29 is 34.1 Å². The van der Waals surface area contributed by atoms with Crippen molar-refractivity contribution in [1.82, 2.24) is 14.7 Å². The first-order chi connectivity index (χ1) is 20.1. The molecule has 0 bridgehead atoms. The van der Waals surface area contributed by atoms with Crippen LogP contribution in [0.15, 0.2) is 30.3 Å². The third-order valence-electron chi connectivity index (χ3n) is 7.13. The van der Waals surface area contributed by atoms with Crippen LogP contribution >= 0.6 is 0 Å². The van der Waals surface area contributed by atoms with Crippen molar-refractivity contribution >= 4 is 23.5 Å². The molecule has 0 saturated heterocycles. The van der Waals surface area contributed by atoms with Crippen LogP contribution in [-0.4, -0.2) is 127 Å². The Morgan fingerprint density at radius 3 is 2.12 bits per heavy atom. The van der Waals surface area contributed by atoms with Gasteiger partial charge in [0.25, 0.3) is 0 Å². The second-order valence-corrected chi connectivity index (χ2v) is 10.9. The summed E-state index contributed by atoms with van der Waals surface area (Å²) in [6.45, 7) is 5.26. The van der Waals surface area contributed by atoms with Crippen molar-refractivity contribution in [2.75, 3.05) is 72.6 Å². The van der Waals surface area contributed by atoms with Crippen LogP contribution in [0.5, 0.6) is 0 Å². The van der Waals surface area contributed by atoms with Crippen LogP contribution in [0.2, 0.25) is 0 Å². The molecule has 0 aliphatic heterocycles. The molecule has 0 aliphatic carbocycles. The molecule has 1 aromatic carbocycles. The molecule has 0 radical (unpaired) electrons. The van der Waals surface area contributed by atoms with E-state index in [4.69, 9.17) is 20.7 Å². The normalized spacial score (nSPS) is 12.2. The van der Waals surface area contributed by atoms with Gasteiger partial charge in [0.1, 0.15) is 12.4 Å². The molecule has 1 atom stereocenters. The van der Waals surface area contributed by atoms with E-state index in [-0.39, 0.29) is 37.8 Å². The average Bonchev–Trinajstić information content (AvgIpc) is 2.95. The Kier molecular flexibility index (Phi) is 20.3. The fraction of sp³-hybridized carbons (Fsp3) is 0.677. The van der Waals surface area contributed by atoms with Gasteiger partial charge in [0.2, 0.25) is 0 Å². The van der Waals surface area contributed by atoms with Gasteiger partial charge in [-0.05, 0) is 44.8 Å².